The molecule has 1 N–H and O–H groups in total. The number of aliphatic hydroxyl groups is 1. The van der Waals surface area contributed by atoms with Crippen LogP contribution in [0.15, 0.2) is 11.6 Å². The van der Waals surface area contributed by atoms with Gasteiger partial charge in [0.1, 0.15) is 17.8 Å². The third kappa shape index (κ3) is 3.28. The first kappa shape index (κ1) is 22.5. The second-order valence-corrected chi connectivity index (χ2v) is 10.9. The zero-order chi connectivity index (χ0) is 22.8. The van der Waals surface area contributed by atoms with Crippen LogP contribution in [0, 0.1) is 28.6 Å². The summed E-state index contributed by atoms with van der Waals surface area (Å²) < 4.78 is 11.3. The van der Waals surface area contributed by atoms with Gasteiger partial charge in [-0.25, -0.2) is 0 Å². The summed E-state index contributed by atoms with van der Waals surface area (Å²) >= 11 is 0. The summed E-state index contributed by atoms with van der Waals surface area (Å²) in [6.07, 6.45) is 6.15. The van der Waals surface area contributed by atoms with Crippen LogP contribution in [-0.2, 0) is 23.9 Å². The molecule has 8 atom stereocenters. The van der Waals surface area contributed by atoms with Gasteiger partial charge in [0.15, 0.2) is 5.78 Å². The molecule has 0 unspecified atom stereocenters. The predicted molar refractivity (Wildman–Crippen MR) is 114 cm³/mol. The number of carbonyl (C=O) groups is 3. The first-order chi connectivity index (χ1) is 14.4. The molecule has 0 amide bonds. The van der Waals surface area contributed by atoms with E-state index in [9.17, 15) is 19.5 Å². The van der Waals surface area contributed by atoms with Crippen molar-refractivity contribution in [2.45, 2.75) is 97.4 Å². The van der Waals surface area contributed by atoms with Crippen LogP contribution < -0.4 is 0 Å². The predicted octanol–water partition coefficient (Wildman–Crippen LogP) is 3.74. The Balaban J connectivity index is 1.70. The Morgan fingerprint density at radius 2 is 1.68 bits per heavy atom. The van der Waals surface area contributed by atoms with Gasteiger partial charge in [-0.1, -0.05) is 19.9 Å². The number of hydrogen-bond acceptors (Lipinski definition) is 6. The SMILES string of the molecule is CC(=O)O[C@H]1CC[C@]2(C)[C@H]3CC[C@]4(C)C(C(C)=O)=CC[C@H]4[C@@H]3C[C@@H](OC(C)=O)[C@@]2(O)C1. The number of rotatable bonds is 3. The normalized spacial score (nSPS) is 46.1. The highest BCUT2D eigenvalue weighted by Gasteiger charge is 2.68. The van der Waals surface area contributed by atoms with Gasteiger partial charge in [0, 0.05) is 25.7 Å². The van der Waals surface area contributed by atoms with Crippen LogP contribution in [0.25, 0.3) is 0 Å². The number of ketones is 1. The maximum Gasteiger partial charge on any atom is 0.303 e. The van der Waals surface area contributed by atoms with Crippen molar-refractivity contribution in [2.24, 2.45) is 28.6 Å². The molecule has 4 aliphatic rings. The lowest BCUT2D eigenvalue weighted by Gasteiger charge is -2.65. The lowest BCUT2D eigenvalue weighted by molar-refractivity contribution is -0.269. The van der Waals surface area contributed by atoms with Crippen molar-refractivity contribution < 1.29 is 29.0 Å². The second-order valence-electron chi connectivity index (χ2n) is 10.9. The monoisotopic (exact) mass is 432 g/mol. The molecule has 0 aromatic carbocycles. The third-order valence-electron chi connectivity index (χ3n) is 9.39. The summed E-state index contributed by atoms with van der Waals surface area (Å²) in [6.45, 7) is 8.79. The maximum absolute atomic E-state index is 12.3. The van der Waals surface area contributed by atoms with Crippen LogP contribution in [0.5, 0.6) is 0 Å². The molecule has 3 saturated carbocycles. The van der Waals surface area contributed by atoms with Gasteiger partial charge >= 0.3 is 11.9 Å². The minimum atomic E-state index is -1.23. The van der Waals surface area contributed by atoms with E-state index in [0.717, 1.165) is 31.3 Å². The number of esters is 2. The van der Waals surface area contributed by atoms with Crippen LogP contribution in [0.4, 0.5) is 0 Å². The summed E-state index contributed by atoms with van der Waals surface area (Å²) in [4.78, 5) is 35.9. The molecule has 0 aliphatic heterocycles. The Hall–Kier alpha value is -1.69. The van der Waals surface area contributed by atoms with Crippen molar-refractivity contribution >= 4 is 17.7 Å². The van der Waals surface area contributed by atoms with Crippen molar-refractivity contribution in [3.8, 4) is 0 Å². The molecule has 4 aliphatic carbocycles. The molecule has 0 saturated heterocycles. The van der Waals surface area contributed by atoms with Crippen molar-refractivity contribution in [1.82, 2.24) is 0 Å². The van der Waals surface area contributed by atoms with E-state index < -0.39 is 23.1 Å². The fourth-order valence-electron chi connectivity index (χ4n) is 8.01. The first-order valence-corrected chi connectivity index (χ1v) is 11.7. The zero-order valence-electron chi connectivity index (χ0n) is 19.4. The third-order valence-corrected chi connectivity index (χ3v) is 9.39. The molecule has 31 heavy (non-hydrogen) atoms. The first-order valence-electron chi connectivity index (χ1n) is 11.7. The van der Waals surface area contributed by atoms with E-state index in [2.05, 4.69) is 19.9 Å². The van der Waals surface area contributed by atoms with Gasteiger partial charge in [-0.05, 0) is 74.2 Å². The summed E-state index contributed by atoms with van der Waals surface area (Å²) in [7, 11) is 0. The molecule has 0 bridgehead atoms. The fraction of sp³-hybridized carbons (Fsp3) is 0.800. The van der Waals surface area contributed by atoms with E-state index in [0.29, 0.717) is 25.2 Å². The molecule has 0 spiro atoms. The Morgan fingerprint density at radius 3 is 2.29 bits per heavy atom. The lowest BCUT2D eigenvalue weighted by Crippen LogP contribution is -2.69. The van der Waals surface area contributed by atoms with E-state index >= 15 is 0 Å². The summed E-state index contributed by atoms with van der Waals surface area (Å²) in [5.74, 6) is 0.266. The number of ether oxygens (including phenoxy) is 2. The fourth-order valence-corrected chi connectivity index (χ4v) is 8.01. The molecular formula is C25H36O6. The summed E-state index contributed by atoms with van der Waals surface area (Å²) in [5, 5.41) is 12.1. The molecule has 4 rings (SSSR count). The number of Topliss-reactive ketones (excluding diaryl/α,β-unsaturated/α-hetero) is 1. The minimum absolute atomic E-state index is 0.144. The Bertz CT molecular complexity index is 832. The molecule has 172 valence electrons. The van der Waals surface area contributed by atoms with Gasteiger partial charge in [0.2, 0.25) is 0 Å². The van der Waals surface area contributed by atoms with Gasteiger partial charge in [-0.2, -0.15) is 0 Å². The second kappa shape index (κ2) is 7.43. The highest BCUT2D eigenvalue weighted by atomic mass is 16.6. The molecule has 0 radical (unpaired) electrons. The number of allylic oxidation sites excluding steroid dienone is 2. The van der Waals surface area contributed by atoms with Gasteiger partial charge in [0.05, 0.1) is 0 Å². The van der Waals surface area contributed by atoms with Crippen LogP contribution in [0.2, 0.25) is 0 Å². The lowest BCUT2D eigenvalue weighted by atomic mass is 9.42. The topological polar surface area (TPSA) is 89.9 Å². The number of fused-ring (bicyclic) bond motifs is 5. The van der Waals surface area contributed by atoms with Crippen LogP contribution >= 0.6 is 0 Å². The van der Waals surface area contributed by atoms with Crippen molar-refractivity contribution in [3.63, 3.8) is 0 Å². The molecule has 6 nitrogen and oxygen atoms in total. The van der Waals surface area contributed by atoms with Crippen molar-refractivity contribution in [2.75, 3.05) is 0 Å². The molecule has 0 heterocycles. The highest BCUT2D eigenvalue weighted by Crippen LogP contribution is 2.67. The highest BCUT2D eigenvalue weighted by molar-refractivity contribution is 5.95. The van der Waals surface area contributed by atoms with E-state index in [-0.39, 0.29) is 35.1 Å². The maximum atomic E-state index is 12.3. The minimum Gasteiger partial charge on any atom is -0.462 e. The number of carbonyl (C=O) groups excluding carboxylic acids is 3. The van der Waals surface area contributed by atoms with Gasteiger partial charge in [-0.15, -0.1) is 0 Å². The van der Waals surface area contributed by atoms with Crippen molar-refractivity contribution in [1.29, 1.82) is 0 Å². The average molecular weight is 433 g/mol. The molecular weight excluding hydrogens is 396 g/mol. The van der Waals surface area contributed by atoms with E-state index in [1.807, 2.05) is 0 Å². The summed E-state index contributed by atoms with van der Waals surface area (Å²) in [5.41, 5.74) is -0.868. The van der Waals surface area contributed by atoms with Crippen LogP contribution in [0.1, 0.15) is 79.6 Å². The Labute approximate surface area is 184 Å². The van der Waals surface area contributed by atoms with E-state index in [1.54, 1.807) is 6.92 Å². The van der Waals surface area contributed by atoms with E-state index in [4.69, 9.17) is 9.47 Å². The molecule has 0 aromatic rings. The largest absolute Gasteiger partial charge is 0.462 e. The van der Waals surface area contributed by atoms with Crippen LogP contribution in [-0.4, -0.2) is 40.6 Å². The molecule has 3 fully saturated rings. The van der Waals surface area contributed by atoms with Crippen molar-refractivity contribution in [3.05, 3.63) is 11.6 Å². The Morgan fingerprint density at radius 1 is 1.00 bits per heavy atom. The smallest absolute Gasteiger partial charge is 0.303 e. The zero-order valence-corrected chi connectivity index (χ0v) is 19.4. The van der Waals surface area contributed by atoms with Gasteiger partial charge in [0.25, 0.3) is 0 Å². The summed E-state index contributed by atoms with van der Waals surface area (Å²) in [6, 6.07) is 0. The molecule has 6 heteroatoms. The Kier molecular flexibility index (Phi) is 5.39. The molecule has 0 aromatic heterocycles. The average Bonchev–Trinajstić information content (AvgIpc) is 3.00. The van der Waals surface area contributed by atoms with Gasteiger partial charge in [-0.3, -0.25) is 14.4 Å². The quantitative estimate of drug-likeness (QED) is 0.683. The van der Waals surface area contributed by atoms with Crippen LogP contribution in [0.3, 0.4) is 0 Å². The number of hydrogen-bond donors (Lipinski definition) is 1. The van der Waals surface area contributed by atoms with E-state index in [1.165, 1.54) is 13.8 Å². The standard InChI is InChI=1S/C25H36O6/c1-14(26)19-6-7-20-18-12-22(31-16(3)28)25(29)13-17(30-15(2)27)8-11-24(25,5)21(18)9-10-23(19,20)4/h6,17-18,20-22,29H,7-13H2,1-5H3/t17-,18-,20-,21-,22+,23+,24+,25-/m0/s1. The van der Waals surface area contributed by atoms with Gasteiger partial charge < -0.3 is 14.6 Å².